The van der Waals surface area contributed by atoms with E-state index in [1.807, 2.05) is 6.07 Å². The maximum absolute atomic E-state index is 12.2. The zero-order valence-corrected chi connectivity index (χ0v) is 18.9. The lowest BCUT2D eigenvalue weighted by molar-refractivity contribution is -0.126. The molecule has 0 aromatic heterocycles. The van der Waals surface area contributed by atoms with Gasteiger partial charge in [-0.25, -0.2) is 0 Å². The monoisotopic (exact) mass is 445 g/mol. The molecule has 1 atom stereocenters. The molecule has 1 amide bonds. The highest BCUT2D eigenvalue weighted by Crippen LogP contribution is 2.17. The maximum atomic E-state index is 12.2. The number of benzene rings is 1. The average Bonchev–Trinajstić information content (AvgIpc) is 2.95. The van der Waals surface area contributed by atoms with E-state index in [0.717, 1.165) is 26.2 Å². The highest BCUT2D eigenvalue weighted by molar-refractivity contribution is 5.85. The van der Waals surface area contributed by atoms with E-state index in [0.29, 0.717) is 25.6 Å². The number of nitrogens with zero attached hydrogens (tertiary/aromatic N) is 1. The Balaban J connectivity index is 0.00000210. The zero-order valence-electron chi connectivity index (χ0n) is 17.3. The van der Waals surface area contributed by atoms with Crippen molar-refractivity contribution in [3.8, 4) is 0 Å². The summed E-state index contributed by atoms with van der Waals surface area (Å²) in [5, 5.41) is 6.65. The summed E-state index contributed by atoms with van der Waals surface area (Å²) in [5.74, 6) is 0.101. The van der Waals surface area contributed by atoms with E-state index >= 15 is 0 Å². The van der Waals surface area contributed by atoms with Crippen LogP contribution in [0.25, 0.3) is 0 Å². The van der Waals surface area contributed by atoms with E-state index in [-0.39, 0.29) is 36.8 Å². The Bertz CT molecular complexity index is 554. The van der Waals surface area contributed by atoms with Crippen molar-refractivity contribution in [1.82, 2.24) is 15.5 Å². The normalized spacial score (nSPS) is 20.8. The van der Waals surface area contributed by atoms with Crippen LogP contribution in [0.4, 0.5) is 0 Å². The number of amides is 1. The minimum atomic E-state index is -0.00252. The largest absolute Gasteiger partial charge is 0.375 e. The molecule has 3 rings (SSSR count). The number of rotatable bonds is 8. The Morgan fingerprint density at radius 2 is 1.76 bits per heavy atom. The van der Waals surface area contributed by atoms with Gasteiger partial charge in [-0.3, -0.25) is 9.69 Å². The van der Waals surface area contributed by atoms with Gasteiger partial charge < -0.3 is 15.4 Å². The number of morpholine rings is 1. The molecule has 1 aliphatic heterocycles. The maximum Gasteiger partial charge on any atom is 0.222 e. The number of hydrogen-bond acceptors (Lipinski definition) is 4. The van der Waals surface area contributed by atoms with Gasteiger partial charge >= 0.3 is 0 Å². The van der Waals surface area contributed by atoms with Gasteiger partial charge in [0.1, 0.15) is 0 Å². The molecule has 1 aromatic carbocycles. The molecule has 1 aromatic rings. The fourth-order valence-corrected chi connectivity index (χ4v) is 4.13. The van der Waals surface area contributed by atoms with Gasteiger partial charge in [0.2, 0.25) is 5.91 Å². The quantitative estimate of drug-likeness (QED) is 0.474. The second-order valence-corrected chi connectivity index (χ2v) is 7.91. The van der Waals surface area contributed by atoms with Gasteiger partial charge in [-0.2, -0.15) is 0 Å². The van der Waals surface area contributed by atoms with E-state index in [1.165, 1.54) is 44.1 Å². The summed E-state index contributed by atoms with van der Waals surface area (Å²) in [7, 11) is 0. The van der Waals surface area contributed by atoms with E-state index in [1.54, 1.807) is 0 Å². The van der Waals surface area contributed by atoms with Crippen LogP contribution < -0.4 is 10.6 Å². The minimum absolute atomic E-state index is 0. The third kappa shape index (κ3) is 10.1. The van der Waals surface area contributed by atoms with Crippen LogP contribution >= 0.6 is 24.8 Å². The molecular formula is C22H37Cl2N3O2. The molecule has 5 nitrogen and oxygen atoms in total. The lowest BCUT2D eigenvalue weighted by atomic mass is 10.1. The molecule has 166 valence electrons. The van der Waals surface area contributed by atoms with Crippen LogP contribution in [0.1, 0.15) is 50.5 Å². The summed E-state index contributed by atoms with van der Waals surface area (Å²) in [6, 6.07) is 11.1. The molecule has 1 saturated carbocycles. The Morgan fingerprint density at radius 3 is 2.48 bits per heavy atom. The second kappa shape index (κ2) is 15.0. The van der Waals surface area contributed by atoms with E-state index in [4.69, 9.17) is 4.74 Å². The first-order valence-corrected chi connectivity index (χ1v) is 10.7. The van der Waals surface area contributed by atoms with E-state index in [2.05, 4.69) is 39.8 Å². The fourth-order valence-electron chi connectivity index (χ4n) is 4.13. The third-order valence-corrected chi connectivity index (χ3v) is 5.62. The summed E-state index contributed by atoms with van der Waals surface area (Å²) in [6.45, 7) is 4.94. The molecule has 1 aliphatic carbocycles. The molecule has 2 N–H and O–H groups in total. The predicted octanol–water partition coefficient (Wildman–Crippen LogP) is 3.55. The number of carbonyl (C=O) groups is 1. The predicted molar refractivity (Wildman–Crippen MR) is 123 cm³/mol. The third-order valence-electron chi connectivity index (χ3n) is 5.62. The van der Waals surface area contributed by atoms with Gasteiger partial charge in [0, 0.05) is 38.8 Å². The number of hydrogen-bond donors (Lipinski definition) is 2. The molecule has 2 aliphatic rings. The van der Waals surface area contributed by atoms with Crippen molar-refractivity contribution in [3.05, 3.63) is 35.9 Å². The molecule has 2 fully saturated rings. The number of carbonyl (C=O) groups excluding carboxylic acids is 1. The Morgan fingerprint density at radius 1 is 1.03 bits per heavy atom. The molecule has 0 spiro atoms. The topological polar surface area (TPSA) is 53.6 Å². The zero-order chi connectivity index (χ0) is 18.7. The summed E-state index contributed by atoms with van der Waals surface area (Å²) in [5.41, 5.74) is 1.31. The summed E-state index contributed by atoms with van der Waals surface area (Å²) in [4.78, 5) is 14.6. The minimum Gasteiger partial charge on any atom is -0.375 e. The van der Waals surface area contributed by atoms with Crippen LogP contribution in [-0.2, 0) is 16.1 Å². The van der Waals surface area contributed by atoms with Crippen molar-refractivity contribution in [2.45, 2.75) is 63.6 Å². The fraction of sp³-hybridized carbons (Fsp3) is 0.682. The van der Waals surface area contributed by atoms with Gasteiger partial charge in [0.05, 0.1) is 19.1 Å². The average molecular weight is 446 g/mol. The van der Waals surface area contributed by atoms with Crippen LogP contribution in [0, 0.1) is 0 Å². The lowest BCUT2D eigenvalue weighted by Gasteiger charge is -2.32. The molecule has 1 unspecified atom stereocenters. The Labute approximate surface area is 188 Å². The van der Waals surface area contributed by atoms with Crippen LogP contribution in [0.2, 0.25) is 0 Å². The van der Waals surface area contributed by atoms with Crippen molar-refractivity contribution in [2.24, 2.45) is 0 Å². The van der Waals surface area contributed by atoms with Crippen molar-refractivity contribution < 1.29 is 9.53 Å². The van der Waals surface area contributed by atoms with Crippen molar-refractivity contribution >= 4 is 30.7 Å². The molecular weight excluding hydrogens is 409 g/mol. The van der Waals surface area contributed by atoms with Crippen LogP contribution in [-0.4, -0.2) is 55.7 Å². The first-order chi connectivity index (χ1) is 13.3. The molecule has 1 heterocycles. The van der Waals surface area contributed by atoms with Gasteiger partial charge in [-0.15, -0.1) is 24.8 Å². The lowest BCUT2D eigenvalue weighted by Crippen LogP contribution is -2.44. The number of nitrogens with one attached hydrogen (secondary N) is 2. The number of halogens is 2. The molecule has 0 radical (unpaired) electrons. The highest BCUT2D eigenvalue weighted by atomic mass is 35.5. The summed E-state index contributed by atoms with van der Waals surface area (Å²) in [6.07, 6.45) is 8.43. The van der Waals surface area contributed by atoms with Crippen LogP contribution in [0.3, 0.4) is 0 Å². The summed E-state index contributed by atoms with van der Waals surface area (Å²) >= 11 is 0. The van der Waals surface area contributed by atoms with Crippen LogP contribution in [0.15, 0.2) is 30.3 Å². The molecule has 29 heavy (non-hydrogen) atoms. The van der Waals surface area contributed by atoms with Crippen molar-refractivity contribution in [2.75, 3.05) is 32.8 Å². The van der Waals surface area contributed by atoms with Gasteiger partial charge in [0.15, 0.2) is 0 Å². The molecule has 7 heteroatoms. The second-order valence-electron chi connectivity index (χ2n) is 7.91. The molecule has 0 bridgehead atoms. The van der Waals surface area contributed by atoms with Gasteiger partial charge in [-0.1, -0.05) is 56.0 Å². The van der Waals surface area contributed by atoms with Gasteiger partial charge in [0.25, 0.3) is 0 Å². The summed E-state index contributed by atoms with van der Waals surface area (Å²) < 4.78 is 5.81. The first kappa shape index (κ1) is 26.2. The van der Waals surface area contributed by atoms with E-state index < -0.39 is 0 Å². The Kier molecular flexibility index (Phi) is 13.6. The van der Waals surface area contributed by atoms with Crippen molar-refractivity contribution in [1.29, 1.82) is 0 Å². The standard InChI is InChI=1S/C22H35N3O2.2ClH/c26-22(24-13-12-23-20-10-6-1-2-7-11-20)16-21-18-25(14-15-27-21)17-19-8-4-3-5-9-19;;/h3-5,8-9,20-21,23H,1-2,6-7,10-18H2,(H,24,26);2*1H. The first-order valence-electron chi connectivity index (χ1n) is 10.7. The van der Waals surface area contributed by atoms with Gasteiger partial charge in [-0.05, 0) is 18.4 Å². The Hall–Kier alpha value is -0.850. The van der Waals surface area contributed by atoms with E-state index in [9.17, 15) is 4.79 Å². The van der Waals surface area contributed by atoms with Crippen molar-refractivity contribution in [3.63, 3.8) is 0 Å². The van der Waals surface area contributed by atoms with Crippen LogP contribution in [0.5, 0.6) is 0 Å². The molecule has 1 saturated heterocycles. The SMILES string of the molecule is Cl.Cl.O=C(CC1CN(Cc2ccccc2)CCO1)NCCNC1CCCCCC1. The smallest absolute Gasteiger partial charge is 0.222 e. The number of ether oxygens (including phenoxy) is 1. The highest BCUT2D eigenvalue weighted by Gasteiger charge is 2.22.